The first kappa shape index (κ1) is 19.6. The van der Waals surface area contributed by atoms with Crippen LogP contribution in [-0.4, -0.2) is 36.1 Å². The van der Waals surface area contributed by atoms with Gasteiger partial charge in [-0.1, -0.05) is 18.2 Å². The van der Waals surface area contributed by atoms with Crippen molar-refractivity contribution in [3.8, 4) is 11.6 Å². The first-order valence-corrected chi connectivity index (χ1v) is 8.44. The number of hydrogen-bond acceptors (Lipinski definition) is 9. The molecule has 0 radical (unpaired) electrons. The lowest BCUT2D eigenvalue weighted by molar-refractivity contribution is 0.0599. The molecule has 148 valence electrons. The predicted molar refractivity (Wildman–Crippen MR) is 105 cm³/mol. The van der Waals surface area contributed by atoms with Gasteiger partial charge in [-0.05, 0) is 30.3 Å². The Hall–Kier alpha value is -4.14. The molecule has 0 aliphatic heterocycles. The van der Waals surface area contributed by atoms with Crippen LogP contribution < -0.4 is 15.8 Å². The molecule has 9 nitrogen and oxygen atoms in total. The van der Waals surface area contributed by atoms with Crippen molar-refractivity contribution in [2.45, 2.75) is 0 Å². The first-order chi connectivity index (χ1) is 14.0. The lowest BCUT2D eigenvalue weighted by atomic mass is 10.1. The quantitative estimate of drug-likeness (QED) is 0.606. The fourth-order valence-electron chi connectivity index (χ4n) is 2.47. The lowest BCUT2D eigenvalue weighted by Crippen LogP contribution is -2.09. The summed E-state index contributed by atoms with van der Waals surface area (Å²) < 4.78 is 15.1. The third kappa shape index (κ3) is 4.59. The SMILES string of the molecule is COC(=O)c1cc(Nc2ncnc(Oc3ccccc3)c2N)cc(C(=O)OC)c1. The number of carbonyl (C=O) groups excluding carboxylic acids is 2. The van der Waals surface area contributed by atoms with Gasteiger partial charge in [0.2, 0.25) is 5.88 Å². The number of hydrogen-bond donors (Lipinski definition) is 2. The molecule has 0 aliphatic carbocycles. The Kier molecular flexibility index (Phi) is 5.88. The van der Waals surface area contributed by atoms with Crippen molar-refractivity contribution in [3.05, 3.63) is 66.0 Å². The fraction of sp³-hybridized carbons (Fsp3) is 0.100. The van der Waals surface area contributed by atoms with Crippen molar-refractivity contribution in [1.82, 2.24) is 9.97 Å². The molecule has 0 saturated carbocycles. The van der Waals surface area contributed by atoms with E-state index in [9.17, 15) is 9.59 Å². The van der Waals surface area contributed by atoms with Crippen molar-refractivity contribution in [2.75, 3.05) is 25.3 Å². The second-order valence-electron chi connectivity index (χ2n) is 5.76. The number of anilines is 3. The molecule has 0 atom stereocenters. The molecule has 2 aromatic carbocycles. The summed E-state index contributed by atoms with van der Waals surface area (Å²) in [5, 5.41) is 2.97. The third-order valence-electron chi connectivity index (χ3n) is 3.84. The highest BCUT2D eigenvalue weighted by Gasteiger charge is 2.16. The Morgan fingerprint density at radius 1 is 0.931 bits per heavy atom. The van der Waals surface area contributed by atoms with E-state index >= 15 is 0 Å². The lowest BCUT2D eigenvalue weighted by Gasteiger charge is -2.13. The molecular weight excluding hydrogens is 376 g/mol. The zero-order valence-electron chi connectivity index (χ0n) is 15.7. The van der Waals surface area contributed by atoms with E-state index in [0.717, 1.165) is 0 Å². The van der Waals surface area contributed by atoms with Crippen LogP contribution in [0.15, 0.2) is 54.9 Å². The second-order valence-corrected chi connectivity index (χ2v) is 5.76. The van der Waals surface area contributed by atoms with Crippen molar-refractivity contribution in [2.24, 2.45) is 0 Å². The summed E-state index contributed by atoms with van der Waals surface area (Å²) in [6, 6.07) is 13.4. The molecular formula is C20H18N4O5. The molecule has 1 heterocycles. The first-order valence-electron chi connectivity index (χ1n) is 8.44. The summed E-state index contributed by atoms with van der Waals surface area (Å²) in [6.07, 6.45) is 1.28. The minimum Gasteiger partial charge on any atom is -0.465 e. The Bertz CT molecular complexity index is 1010. The standard InChI is InChI=1S/C20H18N4O5/c1-27-19(25)12-8-13(20(26)28-2)10-14(9-12)24-17-16(21)18(23-11-22-17)29-15-6-4-3-5-7-15/h3-11H,21H2,1-2H3,(H,22,23,24). The van der Waals surface area contributed by atoms with Gasteiger partial charge >= 0.3 is 11.9 Å². The number of benzene rings is 2. The molecule has 0 bridgehead atoms. The summed E-state index contributed by atoms with van der Waals surface area (Å²) in [4.78, 5) is 32.0. The number of methoxy groups -OCH3 is 2. The normalized spacial score (nSPS) is 10.1. The Morgan fingerprint density at radius 2 is 1.55 bits per heavy atom. The number of nitrogens with one attached hydrogen (secondary N) is 1. The van der Waals surface area contributed by atoms with Crippen LogP contribution in [0.5, 0.6) is 11.6 Å². The van der Waals surface area contributed by atoms with Crippen LogP contribution in [0.1, 0.15) is 20.7 Å². The predicted octanol–water partition coefficient (Wildman–Crippen LogP) is 3.17. The Labute approximate surface area is 166 Å². The maximum Gasteiger partial charge on any atom is 0.337 e. The van der Waals surface area contributed by atoms with Gasteiger partial charge in [0, 0.05) is 5.69 Å². The summed E-state index contributed by atoms with van der Waals surface area (Å²) in [5.74, 6) is -0.260. The van der Waals surface area contributed by atoms with Gasteiger partial charge in [-0.15, -0.1) is 0 Å². The number of para-hydroxylation sites is 1. The van der Waals surface area contributed by atoms with Crippen LogP contribution in [0.25, 0.3) is 0 Å². The van der Waals surface area contributed by atoms with E-state index in [1.54, 1.807) is 12.1 Å². The number of carbonyl (C=O) groups is 2. The molecule has 9 heteroatoms. The molecule has 0 unspecified atom stereocenters. The summed E-state index contributed by atoms with van der Waals surface area (Å²) in [5.41, 5.74) is 6.98. The largest absolute Gasteiger partial charge is 0.465 e. The van der Waals surface area contributed by atoms with Crippen LogP contribution in [0.3, 0.4) is 0 Å². The smallest absolute Gasteiger partial charge is 0.337 e. The van der Waals surface area contributed by atoms with Crippen LogP contribution in [-0.2, 0) is 9.47 Å². The molecule has 0 saturated heterocycles. The van der Waals surface area contributed by atoms with Crippen molar-refractivity contribution >= 4 is 29.1 Å². The number of rotatable bonds is 6. The van der Waals surface area contributed by atoms with Crippen molar-refractivity contribution in [1.29, 1.82) is 0 Å². The fourth-order valence-corrected chi connectivity index (χ4v) is 2.47. The molecule has 0 spiro atoms. The van der Waals surface area contributed by atoms with Gasteiger partial charge in [0.1, 0.15) is 17.8 Å². The topological polar surface area (TPSA) is 126 Å². The van der Waals surface area contributed by atoms with Gasteiger partial charge in [-0.2, -0.15) is 4.98 Å². The second kappa shape index (κ2) is 8.70. The Morgan fingerprint density at radius 3 is 2.14 bits per heavy atom. The number of nitrogens with zero attached hydrogens (tertiary/aromatic N) is 2. The average Bonchev–Trinajstić information content (AvgIpc) is 2.75. The average molecular weight is 394 g/mol. The highest BCUT2D eigenvalue weighted by atomic mass is 16.5. The molecule has 3 aromatic rings. The number of nitrogen functional groups attached to an aromatic ring is 1. The van der Waals surface area contributed by atoms with Gasteiger partial charge in [-0.3, -0.25) is 0 Å². The number of aromatic nitrogens is 2. The van der Waals surface area contributed by atoms with Gasteiger partial charge in [0.05, 0.1) is 25.3 Å². The van der Waals surface area contributed by atoms with Crippen molar-refractivity contribution in [3.63, 3.8) is 0 Å². The third-order valence-corrected chi connectivity index (χ3v) is 3.84. The van der Waals surface area contributed by atoms with Crippen LogP contribution in [0.2, 0.25) is 0 Å². The molecule has 3 rings (SSSR count). The highest BCUT2D eigenvalue weighted by Crippen LogP contribution is 2.31. The van der Waals surface area contributed by atoms with Gasteiger partial charge in [0.15, 0.2) is 5.82 Å². The van der Waals surface area contributed by atoms with E-state index in [4.69, 9.17) is 19.9 Å². The van der Waals surface area contributed by atoms with Gasteiger partial charge < -0.3 is 25.3 Å². The molecule has 0 amide bonds. The van der Waals surface area contributed by atoms with E-state index in [-0.39, 0.29) is 28.5 Å². The van der Waals surface area contributed by atoms with Crippen LogP contribution in [0.4, 0.5) is 17.2 Å². The molecule has 3 N–H and O–H groups in total. The van der Waals surface area contributed by atoms with E-state index < -0.39 is 11.9 Å². The monoisotopic (exact) mass is 394 g/mol. The maximum atomic E-state index is 11.9. The minimum atomic E-state index is -0.609. The zero-order valence-corrected chi connectivity index (χ0v) is 15.7. The summed E-state index contributed by atoms with van der Waals surface area (Å²) in [7, 11) is 2.49. The van der Waals surface area contributed by atoms with E-state index in [0.29, 0.717) is 11.4 Å². The number of ether oxygens (including phenoxy) is 3. The molecule has 29 heavy (non-hydrogen) atoms. The van der Waals surface area contributed by atoms with E-state index in [1.807, 2.05) is 18.2 Å². The Balaban J connectivity index is 1.94. The molecule has 1 aromatic heterocycles. The summed E-state index contributed by atoms with van der Waals surface area (Å²) in [6.45, 7) is 0. The van der Waals surface area contributed by atoms with E-state index in [2.05, 4.69) is 15.3 Å². The maximum absolute atomic E-state index is 11.9. The highest BCUT2D eigenvalue weighted by molar-refractivity contribution is 5.97. The van der Waals surface area contributed by atoms with Crippen LogP contribution >= 0.6 is 0 Å². The van der Waals surface area contributed by atoms with Gasteiger partial charge in [-0.25, -0.2) is 14.6 Å². The molecule has 0 fully saturated rings. The van der Waals surface area contributed by atoms with Crippen molar-refractivity contribution < 1.29 is 23.8 Å². The summed E-state index contributed by atoms with van der Waals surface area (Å²) >= 11 is 0. The number of nitrogens with two attached hydrogens (primary N) is 1. The molecule has 0 aliphatic rings. The number of esters is 2. The van der Waals surface area contributed by atoms with Crippen LogP contribution in [0, 0.1) is 0 Å². The zero-order chi connectivity index (χ0) is 20.8. The van der Waals surface area contributed by atoms with Gasteiger partial charge in [0.25, 0.3) is 0 Å². The minimum absolute atomic E-state index is 0.152. The van der Waals surface area contributed by atoms with E-state index in [1.165, 1.54) is 38.7 Å².